The van der Waals surface area contributed by atoms with Gasteiger partial charge in [-0.2, -0.15) is 0 Å². The first-order valence-corrected chi connectivity index (χ1v) is 6.55. The first-order valence-electron chi connectivity index (χ1n) is 6.55. The van der Waals surface area contributed by atoms with Crippen molar-refractivity contribution >= 4 is 16.7 Å². The van der Waals surface area contributed by atoms with E-state index < -0.39 is 0 Å². The number of imidazole rings is 1. The lowest BCUT2D eigenvalue weighted by Crippen LogP contribution is -2.15. The van der Waals surface area contributed by atoms with Gasteiger partial charge in [-0.15, -0.1) is 0 Å². The molecule has 5 heteroatoms. The first-order chi connectivity index (χ1) is 8.90. The normalized spacial score (nSPS) is 19.8. The van der Waals surface area contributed by atoms with Gasteiger partial charge in [-0.05, 0) is 32.1 Å². The van der Waals surface area contributed by atoms with Crippen molar-refractivity contribution in [3.63, 3.8) is 0 Å². The summed E-state index contributed by atoms with van der Waals surface area (Å²) in [6, 6.07) is 0.706. The Kier molecular flexibility index (Phi) is 2.12. The van der Waals surface area contributed by atoms with Gasteiger partial charge < -0.3 is 10.3 Å². The monoisotopic (exact) mass is 241 g/mol. The van der Waals surface area contributed by atoms with Crippen molar-refractivity contribution in [3.8, 4) is 0 Å². The van der Waals surface area contributed by atoms with Gasteiger partial charge in [-0.1, -0.05) is 0 Å². The van der Waals surface area contributed by atoms with Gasteiger partial charge in [0.15, 0.2) is 5.65 Å². The van der Waals surface area contributed by atoms with Crippen LogP contribution in [0.4, 0.5) is 0 Å². The van der Waals surface area contributed by atoms with Gasteiger partial charge in [0.2, 0.25) is 0 Å². The van der Waals surface area contributed by atoms with Crippen molar-refractivity contribution in [3.05, 3.63) is 24.0 Å². The molecule has 0 bridgehead atoms. The second kappa shape index (κ2) is 3.80. The minimum Gasteiger partial charge on any atom is -0.385 e. The predicted octanol–water partition coefficient (Wildman–Crippen LogP) is 2.00. The predicted molar refractivity (Wildman–Crippen MR) is 68.6 cm³/mol. The van der Waals surface area contributed by atoms with Crippen molar-refractivity contribution < 1.29 is 0 Å². The Morgan fingerprint density at radius 1 is 1.28 bits per heavy atom. The van der Waals surface area contributed by atoms with Crippen LogP contribution in [0.5, 0.6) is 0 Å². The average molecular weight is 241 g/mol. The summed E-state index contributed by atoms with van der Waals surface area (Å²) in [4.78, 5) is 16.1. The smallest absolute Gasteiger partial charge is 0.181 e. The summed E-state index contributed by atoms with van der Waals surface area (Å²) in [5.74, 6) is 0.964. The van der Waals surface area contributed by atoms with Crippen LogP contribution in [-0.2, 0) is 0 Å². The van der Waals surface area contributed by atoms with E-state index in [2.05, 4.69) is 25.3 Å². The third-order valence-electron chi connectivity index (χ3n) is 3.62. The number of aromatic amines is 1. The van der Waals surface area contributed by atoms with E-state index in [1.165, 1.54) is 30.5 Å². The maximum atomic E-state index is 4.57. The standard InChI is InChI=1S/C13H15N5/c1-2-9(10(3-1)16-8-4-5-8)12-17-11-6-14-7-15-13(11)18-12/h6-8,16H,1-5H2,(H,14,15,17,18). The van der Waals surface area contributed by atoms with Gasteiger partial charge in [-0.25, -0.2) is 15.0 Å². The molecule has 2 aromatic heterocycles. The second-order valence-corrected chi connectivity index (χ2v) is 5.07. The summed E-state index contributed by atoms with van der Waals surface area (Å²) in [6.45, 7) is 0. The number of nitrogens with one attached hydrogen (secondary N) is 2. The molecule has 0 amide bonds. The average Bonchev–Trinajstić information content (AvgIpc) is 2.91. The Labute approximate surface area is 105 Å². The number of rotatable bonds is 3. The van der Waals surface area contributed by atoms with E-state index in [1.54, 1.807) is 12.5 Å². The highest BCUT2D eigenvalue weighted by Crippen LogP contribution is 2.33. The highest BCUT2D eigenvalue weighted by molar-refractivity contribution is 5.76. The topological polar surface area (TPSA) is 66.5 Å². The zero-order chi connectivity index (χ0) is 11.9. The molecule has 0 saturated heterocycles. The Hall–Kier alpha value is -1.91. The van der Waals surface area contributed by atoms with Crippen LogP contribution < -0.4 is 5.32 Å². The van der Waals surface area contributed by atoms with Crippen LogP contribution in [0.15, 0.2) is 18.2 Å². The summed E-state index contributed by atoms with van der Waals surface area (Å²) in [6.07, 6.45) is 9.40. The van der Waals surface area contributed by atoms with Crippen LogP contribution in [0.1, 0.15) is 37.9 Å². The van der Waals surface area contributed by atoms with Gasteiger partial charge in [-0.3, -0.25) is 0 Å². The SMILES string of the molecule is c1ncc2[nH]c(C3=C(NC4CC4)CCC3)nc2n1. The highest BCUT2D eigenvalue weighted by atomic mass is 15.0. The van der Waals surface area contributed by atoms with E-state index in [0.29, 0.717) is 6.04 Å². The summed E-state index contributed by atoms with van der Waals surface area (Å²) < 4.78 is 0. The van der Waals surface area contributed by atoms with Gasteiger partial charge in [0.25, 0.3) is 0 Å². The third kappa shape index (κ3) is 1.66. The lowest BCUT2D eigenvalue weighted by molar-refractivity contribution is 0.757. The summed E-state index contributed by atoms with van der Waals surface area (Å²) >= 11 is 0. The molecule has 5 nitrogen and oxygen atoms in total. The van der Waals surface area contributed by atoms with E-state index in [4.69, 9.17) is 0 Å². The number of nitrogens with zero attached hydrogens (tertiary/aromatic N) is 3. The maximum Gasteiger partial charge on any atom is 0.181 e. The number of allylic oxidation sites excluding steroid dienone is 2. The van der Waals surface area contributed by atoms with Crippen LogP contribution in [0, 0.1) is 0 Å². The van der Waals surface area contributed by atoms with E-state index in [-0.39, 0.29) is 0 Å². The van der Waals surface area contributed by atoms with Crippen LogP contribution in [0.25, 0.3) is 16.7 Å². The molecule has 0 radical (unpaired) electrons. The molecule has 1 saturated carbocycles. The maximum absolute atomic E-state index is 4.57. The van der Waals surface area contributed by atoms with Crippen LogP contribution >= 0.6 is 0 Å². The van der Waals surface area contributed by atoms with E-state index in [1.807, 2.05) is 0 Å². The highest BCUT2D eigenvalue weighted by Gasteiger charge is 2.26. The molecule has 18 heavy (non-hydrogen) atoms. The van der Waals surface area contributed by atoms with E-state index >= 15 is 0 Å². The fourth-order valence-corrected chi connectivity index (χ4v) is 2.54. The fourth-order valence-electron chi connectivity index (χ4n) is 2.54. The van der Waals surface area contributed by atoms with Gasteiger partial charge in [0, 0.05) is 17.3 Å². The zero-order valence-electron chi connectivity index (χ0n) is 10.1. The molecule has 0 spiro atoms. The van der Waals surface area contributed by atoms with Crippen LogP contribution in [0.2, 0.25) is 0 Å². The molecule has 92 valence electrons. The van der Waals surface area contributed by atoms with Crippen LogP contribution in [-0.4, -0.2) is 26.0 Å². The Bertz CT molecular complexity index is 590. The molecule has 0 atom stereocenters. The summed E-state index contributed by atoms with van der Waals surface area (Å²) in [7, 11) is 0. The largest absolute Gasteiger partial charge is 0.385 e. The summed E-state index contributed by atoms with van der Waals surface area (Å²) in [5.41, 5.74) is 4.38. The number of H-pyrrole nitrogens is 1. The van der Waals surface area contributed by atoms with Crippen molar-refractivity contribution in [1.82, 2.24) is 25.3 Å². The Morgan fingerprint density at radius 2 is 2.22 bits per heavy atom. The van der Waals surface area contributed by atoms with Crippen LogP contribution in [0.3, 0.4) is 0 Å². The van der Waals surface area contributed by atoms with Crippen molar-refractivity contribution in [2.75, 3.05) is 0 Å². The molecular weight excluding hydrogens is 226 g/mol. The third-order valence-corrected chi connectivity index (χ3v) is 3.62. The van der Waals surface area contributed by atoms with Gasteiger partial charge >= 0.3 is 0 Å². The van der Waals surface area contributed by atoms with Crippen molar-refractivity contribution in [2.24, 2.45) is 0 Å². The second-order valence-electron chi connectivity index (χ2n) is 5.07. The van der Waals surface area contributed by atoms with Crippen molar-refractivity contribution in [2.45, 2.75) is 38.1 Å². The van der Waals surface area contributed by atoms with E-state index in [0.717, 1.165) is 29.8 Å². The van der Waals surface area contributed by atoms with Gasteiger partial charge in [0.05, 0.1) is 6.20 Å². The summed E-state index contributed by atoms with van der Waals surface area (Å²) in [5, 5.41) is 3.63. The fraction of sp³-hybridized carbons (Fsp3) is 0.462. The minimum absolute atomic E-state index is 0.706. The molecule has 0 aliphatic heterocycles. The molecule has 2 aliphatic rings. The number of hydrogen-bond donors (Lipinski definition) is 2. The molecule has 2 aromatic rings. The molecule has 2 N–H and O–H groups in total. The van der Waals surface area contributed by atoms with E-state index in [9.17, 15) is 0 Å². The Morgan fingerprint density at radius 3 is 3.06 bits per heavy atom. The molecule has 2 aliphatic carbocycles. The molecule has 4 rings (SSSR count). The number of aromatic nitrogens is 4. The molecule has 1 fully saturated rings. The molecule has 0 aromatic carbocycles. The molecular formula is C13H15N5. The lowest BCUT2D eigenvalue weighted by atomic mass is 10.2. The Balaban J connectivity index is 1.75. The number of fused-ring (bicyclic) bond motifs is 1. The first kappa shape index (κ1) is 10.1. The minimum atomic E-state index is 0.706. The number of hydrogen-bond acceptors (Lipinski definition) is 4. The van der Waals surface area contributed by atoms with Gasteiger partial charge in [0.1, 0.15) is 17.7 Å². The van der Waals surface area contributed by atoms with Crippen molar-refractivity contribution in [1.29, 1.82) is 0 Å². The quantitative estimate of drug-likeness (QED) is 0.862. The molecule has 0 unspecified atom stereocenters. The lowest BCUT2D eigenvalue weighted by Gasteiger charge is -2.07. The zero-order valence-corrected chi connectivity index (χ0v) is 10.1. The molecule has 2 heterocycles.